The van der Waals surface area contributed by atoms with Crippen LogP contribution in [0.5, 0.6) is 5.75 Å². The van der Waals surface area contributed by atoms with Crippen molar-refractivity contribution in [1.29, 1.82) is 0 Å². The van der Waals surface area contributed by atoms with Crippen molar-refractivity contribution >= 4 is 33.6 Å². The van der Waals surface area contributed by atoms with E-state index in [4.69, 9.17) is 9.15 Å². The Bertz CT molecular complexity index is 530. The SMILES string of the molecule is COc1c(I)c(=O)oc2ccccc12. The van der Waals surface area contributed by atoms with Crippen LogP contribution in [-0.4, -0.2) is 7.11 Å². The minimum Gasteiger partial charge on any atom is -0.495 e. The molecule has 0 amide bonds. The van der Waals surface area contributed by atoms with Gasteiger partial charge in [0.2, 0.25) is 0 Å². The number of methoxy groups -OCH3 is 1. The summed E-state index contributed by atoms with van der Waals surface area (Å²) in [4.78, 5) is 11.4. The average Bonchev–Trinajstić information content (AvgIpc) is 2.20. The highest BCUT2D eigenvalue weighted by molar-refractivity contribution is 14.1. The number of benzene rings is 1. The molecule has 1 aromatic heterocycles. The highest BCUT2D eigenvalue weighted by Crippen LogP contribution is 2.27. The van der Waals surface area contributed by atoms with E-state index in [-0.39, 0.29) is 5.63 Å². The van der Waals surface area contributed by atoms with Crippen molar-refractivity contribution in [3.8, 4) is 5.75 Å². The minimum atomic E-state index is -0.360. The van der Waals surface area contributed by atoms with Gasteiger partial charge in [0.25, 0.3) is 0 Å². The Morgan fingerprint density at radius 3 is 2.79 bits per heavy atom. The predicted octanol–water partition coefficient (Wildman–Crippen LogP) is 2.41. The third kappa shape index (κ3) is 1.39. The molecule has 0 saturated carbocycles. The van der Waals surface area contributed by atoms with Crippen LogP contribution in [0.25, 0.3) is 11.0 Å². The molecule has 1 aromatic carbocycles. The predicted molar refractivity (Wildman–Crippen MR) is 61.8 cm³/mol. The van der Waals surface area contributed by atoms with E-state index in [0.717, 1.165) is 5.39 Å². The first-order chi connectivity index (χ1) is 6.74. The topological polar surface area (TPSA) is 39.4 Å². The van der Waals surface area contributed by atoms with Gasteiger partial charge in [-0.1, -0.05) is 12.1 Å². The standard InChI is InChI=1S/C10H7IO3/c1-13-9-6-4-2-3-5-7(6)14-10(12)8(9)11/h2-5H,1H3. The molecule has 72 valence electrons. The lowest BCUT2D eigenvalue weighted by atomic mass is 10.2. The molecule has 0 saturated heterocycles. The van der Waals surface area contributed by atoms with Crippen LogP contribution in [0.15, 0.2) is 33.5 Å². The van der Waals surface area contributed by atoms with Crippen molar-refractivity contribution in [2.45, 2.75) is 0 Å². The maximum atomic E-state index is 11.4. The van der Waals surface area contributed by atoms with Gasteiger partial charge in [-0.15, -0.1) is 0 Å². The summed E-state index contributed by atoms with van der Waals surface area (Å²) in [6.07, 6.45) is 0. The van der Waals surface area contributed by atoms with E-state index in [1.807, 2.05) is 40.8 Å². The van der Waals surface area contributed by atoms with Crippen LogP contribution in [-0.2, 0) is 0 Å². The number of hydrogen-bond acceptors (Lipinski definition) is 3. The summed E-state index contributed by atoms with van der Waals surface area (Å²) >= 11 is 1.92. The van der Waals surface area contributed by atoms with Gasteiger partial charge in [-0.05, 0) is 34.7 Å². The van der Waals surface area contributed by atoms with Gasteiger partial charge in [0.05, 0.1) is 12.5 Å². The number of para-hydroxylation sites is 1. The van der Waals surface area contributed by atoms with Gasteiger partial charge in [0.15, 0.2) is 5.75 Å². The monoisotopic (exact) mass is 302 g/mol. The van der Waals surface area contributed by atoms with Crippen LogP contribution in [0, 0.1) is 3.57 Å². The maximum absolute atomic E-state index is 11.4. The molecule has 0 N–H and O–H groups in total. The normalized spacial score (nSPS) is 10.4. The number of rotatable bonds is 1. The Hall–Kier alpha value is -1.04. The van der Waals surface area contributed by atoms with Gasteiger partial charge in [-0.3, -0.25) is 0 Å². The first kappa shape index (κ1) is 9.51. The van der Waals surface area contributed by atoms with Gasteiger partial charge in [0, 0.05) is 0 Å². The Labute approximate surface area is 93.8 Å². The van der Waals surface area contributed by atoms with Crippen molar-refractivity contribution in [3.05, 3.63) is 38.3 Å². The lowest BCUT2D eigenvalue weighted by molar-refractivity contribution is 0.409. The van der Waals surface area contributed by atoms with Gasteiger partial charge < -0.3 is 9.15 Å². The molecule has 3 nitrogen and oxygen atoms in total. The molecule has 0 unspecified atom stereocenters. The molecule has 0 fully saturated rings. The van der Waals surface area contributed by atoms with E-state index in [1.165, 1.54) is 0 Å². The highest BCUT2D eigenvalue weighted by atomic mass is 127. The minimum absolute atomic E-state index is 0.360. The van der Waals surface area contributed by atoms with Crippen LogP contribution < -0.4 is 10.4 Å². The Morgan fingerprint density at radius 2 is 2.07 bits per heavy atom. The number of halogens is 1. The van der Waals surface area contributed by atoms with Crippen molar-refractivity contribution < 1.29 is 9.15 Å². The molecule has 0 spiro atoms. The van der Waals surface area contributed by atoms with Crippen molar-refractivity contribution in [2.24, 2.45) is 0 Å². The molecule has 0 bridgehead atoms. The van der Waals surface area contributed by atoms with Gasteiger partial charge in [-0.25, -0.2) is 4.79 Å². The number of ether oxygens (including phenoxy) is 1. The molecule has 14 heavy (non-hydrogen) atoms. The van der Waals surface area contributed by atoms with E-state index in [1.54, 1.807) is 13.2 Å². The van der Waals surface area contributed by atoms with Crippen LogP contribution in [0.4, 0.5) is 0 Å². The van der Waals surface area contributed by atoms with E-state index in [0.29, 0.717) is 14.9 Å². The Balaban J connectivity index is 2.96. The van der Waals surface area contributed by atoms with Crippen molar-refractivity contribution in [2.75, 3.05) is 7.11 Å². The molecular formula is C10H7IO3. The van der Waals surface area contributed by atoms with Crippen molar-refractivity contribution in [3.63, 3.8) is 0 Å². The Morgan fingerprint density at radius 1 is 1.36 bits per heavy atom. The summed E-state index contributed by atoms with van der Waals surface area (Å²) in [5.41, 5.74) is 0.191. The molecule has 0 aliphatic rings. The van der Waals surface area contributed by atoms with E-state index < -0.39 is 0 Å². The second kappa shape index (κ2) is 3.61. The van der Waals surface area contributed by atoms with Crippen molar-refractivity contribution in [1.82, 2.24) is 0 Å². The first-order valence-corrected chi connectivity index (χ1v) is 5.07. The molecule has 0 atom stereocenters. The van der Waals surface area contributed by atoms with E-state index >= 15 is 0 Å². The zero-order chi connectivity index (χ0) is 10.1. The molecule has 0 aliphatic heterocycles. The summed E-state index contributed by atoms with van der Waals surface area (Å²) in [5.74, 6) is 0.581. The van der Waals surface area contributed by atoms with Crippen LogP contribution >= 0.6 is 22.6 Å². The fourth-order valence-electron chi connectivity index (χ4n) is 1.30. The lowest BCUT2D eigenvalue weighted by Crippen LogP contribution is -2.05. The van der Waals surface area contributed by atoms with E-state index in [2.05, 4.69) is 0 Å². The average molecular weight is 302 g/mol. The molecule has 4 heteroatoms. The zero-order valence-electron chi connectivity index (χ0n) is 7.41. The third-order valence-electron chi connectivity index (χ3n) is 1.92. The van der Waals surface area contributed by atoms with Crippen LogP contribution in [0.3, 0.4) is 0 Å². The first-order valence-electron chi connectivity index (χ1n) is 3.99. The zero-order valence-corrected chi connectivity index (χ0v) is 9.57. The molecule has 2 rings (SSSR count). The summed E-state index contributed by atoms with van der Waals surface area (Å²) in [6.45, 7) is 0. The Kier molecular flexibility index (Phi) is 2.45. The molecular weight excluding hydrogens is 295 g/mol. The quantitative estimate of drug-likeness (QED) is 0.600. The largest absolute Gasteiger partial charge is 0.495 e. The molecule has 1 heterocycles. The summed E-state index contributed by atoms with van der Waals surface area (Å²) < 4.78 is 10.7. The second-order valence-electron chi connectivity index (χ2n) is 2.73. The fraction of sp³-hybridized carbons (Fsp3) is 0.100. The second-order valence-corrected chi connectivity index (χ2v) is 3.81. The summed E-state index contributed by atoms with van der Waals surface area (Å²) in [6, 6.07) is 7.30. The maximum Gasteiger partial charge on any atom is 0.353 e. The van der Waals surface area contributed by atoms with Crippen LogP contribution in [0.2, 0.25) is 0 Å². The third-order valence-corrected chi connectivity index (χ3v) is 2.85. The molecule has 0 radical (unpaired) electrons. The summed E-state index contributed by atoms with van der Waals surface area (Å²) in [7, 11) is 1.55. The number of fused-ring (bicyclic) bond motifs is 1. The molecule has 0 aliphatic carbocycles. The summed E-state index contributed by atoms with van der Waals surface area (Å²) in [5, 5.41) is 0.819. The highest BCUT2D eigenvalue weighted by Gasteiger charge is 2.11. The lowest BCUT2D eigenvalue weighted by Gasteiger charge is -2.05. The fourth-order valence-corrected chi connectivity index (χ4v) is 1.92. The van der Waals surface area contributed by atoms with E-state index in [9.17, 15) is 4.79 Å². The van der Waals surface area contributed by atoms with Gasteiger partial charge >= 0.3 is 5.63 Å². The smallest absolute Gasteiger partial charge is 0.353 e. The molecule has 2 aromatic rings. The van der Waals surface area contributed by atoms with Crippen LogP contribution in [0.1, 0.15) is 0 Å². The number of hydrogen-bond donors (Lipinski definition) is 0. The van der Waals surface area contributed by atoms with Gasteiger partial charge in [0.1, 0.15) is 9.15 Å². The van der Waals surface area contributed by atoms with Gasteiger partial charge in [-0.2, -0.15) is 0 Å².